The Morgan fingerprint density at radius 2 is 2.29 bits per heavy atom. The van der Waals surface area contributed by atoms with Crippen molar-refractivity contribution >= 4 is 17.3 Å². The average Bonchev–Trinajstić information content (AvgIpc) is 2.73. The molecule has 86 valence electrons. The van der Waals surface area contributed by atoms with Crippen LogP contribution in [-0.2, 0) is 14.3 Å². The molecule has 0 bridgehead atoms. The van der Waals surface area contributed by atoms with Gasteiger partial charge in [0.05, 0.1) is 11.7 Å². The maximum atomic E-state index is 11.6. The smallest absolute Gasteiger partial charge is 0.263 e. The van der Waals surface area contributed by atoms with E-state index >= 15 is 0 Å². The number of carbonyl (C=O) groups excluding carboxylic acids is 2. The van der Waals surface area contributed by atoms with Crippen LogP contribution in [0, 0.1) is 0 Å². The maximum Gasteiger partial charge on any atom is 0.263 e. The summed E-state index contributed by atoms with van der Waals surface area (Å²) in [7, 11) is 0. The van der Waals surface area contributed by atoms with E-state index < -0.39 is 17.9 Å². The average molecular weight is 231 g/mol. The van der Waals surface area contributed by atoms with Crippen molar-refractivity contribution in [1.29, 1.82) is 0 Å². The third-order valence-electron chi connectivity index (χ3n) is 2.58. The molecule has 1 N–H and O–H groups in total. The molecule has 1 saturated heterocycles. The zero-order valence-electron chi connectivity index (χ0n) is 8.79. The van der Waals surface area contributed by atoms with Gasteiger partial charge in [0, 0.05) is 6.20 Å². The van der Waals surface area contributed by atoms with Gasteiger partial charge in [0.25, 0.3) is 11.8 Å². The van der Waals surface area contributed by atoms with Crippen LogP contribution in [0.15, 0.2) is 30.6 Å². The van der Waals surface area contributed by atoms with Crippen LogP contribution in [-0.4, -0.2) is 27.8 Å². The van der Waals surface area contributed by atoms with Gasteiger partial charge in [0.2, 0.25) is 0 Å². The van der Waals surface area contributed by atoms with Gasteiger partial charge < -0.3 is 9.14 Å². The molecule has 17 heavy (non-hydrogen) atoms. The van der Waals surface area contributed by atoms with Crippen LogP contribution >= 0.6 is 0 Å². The molecule has 0 radical (unpaired) electrons. The highest BCUT2D eigenvalue weighted by Crippen LogP contribution is 2.20. The maximum absolute atomic E-state index is 11.6. The number of rotatable bonds is 1. The van der Waals surface area contributed by atoms with Crippen molar-refractivity contribution < 1.29 is 14.3 Å². The minimum atomic E-state index is -0.836. The molecule has 1 aliphatic rings. The molecule has 0 aromatic carbocycles. The number of ether oxygens (including phenoxy) is 1. The molecule has 6 heteroatoms. The first kappa shape index (κ1) is 9.98. The first-order chi connectivity index (χ1) is 8.25. The molecule has 1 unspecified atom stereocenters. The van der Waals surface area contributed by atoms with Crippen LogP contribution in [0.1, 0.15) is 11.9 Å². The lowest BCUT2D eigenvalue weighted by Gasteiger charge is -2.20. The molecule has 3 heterocycles. The lowest BCUT2D eigenvalue weighted by molar-refractivity contribution is -0.150. The monoisotopic (exact) mass is 231 g/mol. The topological polar surface area (TPSA) is 72.7 Å². The number of pyridine rings is 1. The summed E-state index contributed by atoms with van der Waals surface area (Å²) in [5, 5.41) is 2.23. The van der Waals surface area contributed by atoms with E-state index in [2.05, 4.69) is 10.3 Å². The standard InChI is InChI=1S/C11H9N3O3/c15-8-6-17-9(11(16)13-8)10-12-5-7-3-1-2-4-14(7)10/h1-5,9H,6H2,(H,13,15,16). The van der Waals surface area contributed by atoms with Crippen molar-refractivity contribution in [3.05, 3.63) is 36.4 Å². The van der Waals surface area contributed by atoms with Crippen molar-refractivity contribution in [1.82, 2.24) is 14.7 Å². The van der Waals surface area contributed by atoms with E-state index in [1.54, 1.807) is 16.8 Å². The van der Waals surface area contributed by atoms with Crippen molar-refractivity contribution in [2.45, 2.75) is 6.10 Å². The summed E-state index contributed by atoms with van der Waals surface area (Å²) < 4.78 is 6.97. The number of nitrogens with one attached hydrogen (secondary N) is 1. The lowest BCUT2D eigenvalue weighted by atomic mass is 10.2. The molecule has 0 saturated carbocycles. The molecule has 1 fully saturated rings. The van der Waals surface area contributed by atoms with Gasteiger partial charge in [0.15, 0.2) is 11.9 Å². The van der Waals surface area contributed by atoms with Crippen molar-refractivity contribution in [2.24, 2.45) is 0 Å². The van der Waals surface area contributed by atoms with Crippen molar-refractivity contribution in [2.75, 3.05) is 6.61 Å². The number of aromatic nitrogens is 2. The number of fused-ring (bicyclic) bond motifs is 1. The van der Waals surface area contributed by atoms with Gasteiger partial charge in [-0.05, 0) is 12.1 Å². The number of nitrogens with zero attached hydrogens (tertiary/aromatic N) is 2. The number of morpholine rings is 1. The fourth-order valence-electron chi connectivity index (χ4n) is 1.82. The third kappa shape index (κ3) is 1.58. The van der Waals surface area contributed by atoms with Gasteiger partial charge in [-0.15, -0.1) is 0 Å². The Balaban J connectivity index is 2.04. The lowest BCUT2D eigenvalue weighted by Crippen LogP contribution is -2.44. The van der Waals surface area contributed by atoms with Gasteiger partial charge in [0.1, 0.15) is 6.61 Å². The highest BCUT2D eigenvalue weighted by atomic mass is 16.5. The van der Waals surface area contributed by atoms with Gasteiger partial charge in [-0.1, -0.05) is 6.07 Å². The fraction of sp³-hybridized carbons (Fsp3) is 0.182. The number of imidazole rings is 1. The minimum Gasteiger partial charge on any atom is -0.350 e. The quantitative estimate of drug-likeness (QED) is 0.704. The SMILES string of the molecule is O=C1COC(c2ncc3ccccn23)C(=O)N1. The molecule has 1 aliphatic heterocycles. The van der Waals surface area contributed by atoms with E-state index in [1.807, 2.05) is 18.2 Å². The Morgan fingerprint density at radius 3 is 3.12 bits per heavy atom. The summed E-state index contributed by atoms with van der Waals surface area (Å²) in [6.45, 7) is -0.127. The van der Waals surface area contributed by atoms with E-state index in [1.165, 1.54) is 0 Å². The second-order valence-corrected chi connectivity index (χ2v) is 3.72. The predicted molar refractivity (Wildman–Crippen MR) is 57.0 cm³/mol. The molecule has 3 rings (SSSR count). The molecule has 0 spiro atoms. The molecule has 6 nitrogen and oxygen atoms in total. The second kappa shape index (κ2) is 3.67. The first-order valence-electron chi connectivity index (χ1n) is 5.13. The highest BCUT2D eigenvalue weighted by Gasteiger charge is 2.31. The van der Waals surface area contributed by atoms with Crippen LogP contribution in [0.5, 0.6) is 0 Å². The van der Waals surface area contributed by atoms with Crippen LogP contribution in [0.4, 0.5) is 0 Å². The molecule has 2 aromatic rings. The summed E-state index contributed by atoms with van der Waals surface area (Å²) in [5.74, 6) is -0.421. The number of imide groups is 1. The van der Waals surface area contributed by atoms with Gasteiger partial charge in [-0.2, -0.15) is 0 Å². The summed E-state index contributed by atoms with van der Waals surface area (Å²) in [6.07, 6.45) is 2.62. The fourth-order valence-corrected chi connectivity index (χ4v) is 1.82. The number of hydrogen-bond acceptors (Lipinski definition) is 4. The summed E-state index contributed by atoms with van der Waals surface area (Å²) in [5.41, 5.74) is 0.871. The molecule has 2 amide bonds. The molecule has 0 aliphatic carbocycles. The zero-order chi connectivity index (χ0) is 11.8. The van der Waals surface area contributed by atoms with E-state index in [4.69, 9.17) is 4.74 Å². The van der Waals surface area contributed by atoms with Crippen LogP contribution in [0.25, 0.3) is 5.52 Å². The van der Waals surface area contributed by atoms with E-state index in [9.17, 15) is 9.59 Å². The molecule has 1 atom stereocenters. The number of amides is 2. The third-order valence-corrected chi connectivity index (χ3v) is 2.58. The van der Waals surface area contributed by atoms with Crippen LogP contribution in [0.3, 0.4) is 0 Å². The summed E-state index contributed by atoms with van der Waals surface area (Å²) >= 11 is 0. The normalized spacial score (nSPS) is 20.6. The predicted octanol–water partition coefficient (Wildman–Crippen LogP) is 0.0484. The van der Waals surface area contributed by atoms with Gasteiger partial charge >= 0.3 is 0 Å². The first-order valence-corrected chi connectivity index (χ1v) is 5.13. The second-order valence-electron chi connectivity index (χ2n) is 3.72. The summed E-state index contributed by atoms with van der Waals surface area (Å²) in [4.78, 5) is 26.8. The minimum absolute atomic E-state index is 0.127. The van der Waals surface area contributed by atoms with E-state index in [-0.39, 0.29) is 6.61 Å². The van der Waals surface area contributed by atoms with Crippen molar-refractivity contribution in [3.8, 4) is 0 Å². The van der Waals surface area contributed by atoms with E-state index in [0.29, 0.717) is 5.82 Å². The number of carbonyl (C=O) groups is 2. The Morgan fingerprint density at radius 1 is 1.41 bits per heavy atom. The molecule has 2 aromatic heterocycles. The highest BCUT2D eigenvalue weighted by molar-refractivity contribution is 5.99. The van der Waals surface area contributed by atoms with Crippen LogP contribution in [0.2, 0.25) is 0 Å². The zero-order valence-corrected chi connectivity index (χ0v) is 8.79. The van der Waals surface area contributed by atoms with E-state index in [0.717, 1.165) is 5.52 Å². The Hall–Kier alpha value is -2.21. The summed E-state index contributed by atoms with van der Waals surface area (Å²) in [6, 6.07) is 5.60. The van der Waals surface area contributed by atoms with Crippen molar-refractivity contribution in [3.63, 3.8) is 0 Å². The molecular formula is C11H9N3O3. The van der Waals surface area contributed by atoms with Gasteiger partial charge in [-0.3, -0.25) is 14.9 Å². The van der Waals surface area contributed by atoms with Crippen LogP contribution < -0.4 is 5.32 Å². The number of hydrogen-bond donors (Lipinski definition) is 1. The Bertz CT molecular complexity index is 605. The Labute approximate surface area is 96.2 Å². The molecular weight excluding hydrogens is 222 g/mol. The Kier molecular flexibility index (Phi) is 2.15. The largest absolute Gasteiger partial charge is 0.350 e. The van der Waals surface area contributed by atoms with Gasteiger partial charge in [-0.25, -0.2) is 4.98 Å².